The SMILES string of the molecule is COc1ccc(-c2[nH][nH]c(=O)c2-c2cc(OC)c(OC)c(OC)c2)cc1OC. The Balaban J connectivity index is 2.21. The van der Waals surface area contributed by atoms with Crippen LogP contribution in [0.3, 0.4) is 0 Å². The summed E-state index contributed by atoms with van der Waals surface area (Å²) in [6, 6.07) is 8.86. The van der Waals surface area contributed by atoms with Crippen molar-refractivity contribution in [3.05, 3.63) is 40.7 Å². The summed E-state index contributed by atoms with van der Waals surface area (Å²) in [6.07, 6.45) is 0. The number of hydrogen-bond donors (Lipinski definition) is 2. The zero-order chi connectivity index (χ0) is 20.3. The van der Waals surface area contributed by atoms with Gasteiger partial charge in [0.25, 0.3) is 5.56 Å². The number of hydrogen-bond acceptors (Lipinski definition) is 6. The number of aromatic nitrogens is 2. The summed E-state index contributed by atoms with van der Waals surface area (Å²) in [5.74, 6) is 2.51. The Morgan fingerprint density at radius 2 is 1.21 bits per heavy atom. The quantitative estimate of drug-likeness (QED) is 0.648. The molecule has 2 aromatic carbocycles. The average molecular weight is 386 g/mol. The first kappa shape index (κ1) is 19.2. The standard InChI is InChI=1S/C20H22N2O6/c1-24-13-7-6-11(8-14(13)25-2)18-17(20(23)22-21-18)12-9-15(26-3)19(28-5)16(10-12)27-4/h6-10H,1-5H3,(H2,21,22,23). The largest absolute Gasteiger partial charge is 0.493 e. The van der Waals surface area contributed by atoms with Crippen LogP contribution < -0.4 is 29.2 Å². The van der Waals surface area contributed by atoms with E-state index in [1.165, 1.54) is 21.3 Å². The van der Waals surface area contributed by atoms with E-state index < -0.39 is 0 Å². The van der Waals surface area contributed by atoms with Gasteiger partial charge in [0, 0.05) is 5.56 Å². The highest BCUT2D eigenvalue weighted by atomic mass is 16.5. The van der Waals surface area contributed by atoms with Gasteiger partial charge >= 0.3 is 0 Å². The third-order valence-corrected chi connectivity index (χ3v) is 4.40. The van der Waals surface area contributed by atoms with Crippen molar-refractivity contribution in [2.24, 2.45) is 0 Å². The minimum Gasteiger partial charge on any atom is -0.493 e. The fourth-order valence-electron chi connectivity index (χ4n) is 3.07. The van der Waals surface area contributed by atoms with Crippen LogP contribution in [0.25, 0.3) is 22.4 Å². The summed E-state index contributed by atoms with van der Waals surface area (Å²) in [4.78, 5) is 12.6. The van der Waals surface area contributed by atoms with Gasteiger partial charge in [-0.2, -0.15) is 0 Å². The molecule has 0 fully saturated rings. The summed E-state index contributed by atoms with van der Waals surface area (Å²) in [6.45, 7) is 0. The zero-order valence-corrected chi connectivity index (χ0v) is 16.3. The Morgan fingerprint density at radius 1 is 0.643 bits per heavy atom. The molecule has 28 heavy (non-hydrogen) atoms. The van der Waals surface area contributed by atoms with Gasteiger partial charge in [-0.05, 0) is 35.9 Å². The van der Waals surface area contributed by atoms with Crippen LogP contribution in [-0.2, 0) is 0 Å². The Morgan fingerprint density at radius 3 is 1.75 bits per heavy atom. The first-order valence-corrected chi connectivity index (χ1v) is 8.41. The number of rotatable bonds is 7. The molecule has 0 radical (unpaired) electrons. The number of H-pyrrole nitrogens is 2. The Bertz CT molecular complexity index is 1010. The van der Waals surface area contributed by atoms with E-state index in [1.807, 2.05) is 6.07 Å². The topological polar surface area (TPSA) is 94.8 Å². The lowest BCUT2D eigenvalue weighted by atomic mass is 10.0. The normalized spacial score (nSPS) is 10.5. The monoisotopic (exact) mass is 386 g/mol. The van der Waals surface area contributed by atoms with Crippen LogP contribution in [0.5, 0.6) is 28.7 Å². The molecule has 8 nitrogen and oxygen atoms in total. The van der Waals surface area contributed by atoms with Gasteiger partial charge in [0.1, 0.15) is 0 Å². The minimum absolute atomic E-state index is 0.279. The van der Waals surface area contributed by atoms with Gasteiger partial charge < -0.3 is 23.7 Å². The van der Waals surface area contributed by atoms with Gasteiger partial charge in [-0.1, -0.05) is 0 Å². The zero-order valence-electron chi connectivity index (χ0n) is 16.3. The van der Waals surface area contributed by atoms with Crippen molar-refractivity contribution in [2.45, 2.75) is 0 Å². The van der Waals surface area contributed by atoms with E-state index in [1.54, 1.807) is 38.5 Å². The molecule has 0 saturated carbocycles. The van der Waals surface area contributed by atoms with Crippen molar-refractivity contribution in [3.63, 3.8) is 0 Å². The van der Waals surface area contributed by atoms with E-state index in [2.05, 4.69) is 10.2 Å². The Labute approximate surface area is 161 Å². The van der Waals surface area contributed by atoms with Crippen molar-refractivity contribution >= 4 is 0 Å². The molecule has 2 N–H and O–H groups in total. The van der Waals surface area contributed by atoms with E-state index in [4.69, 9.17) is 23.7 Å². The molecule has 0 unspecified atom stereocenters. The van der Waals surface area contributed by atoms with Crippen LogP contribution in [0.15, 0.2) is 35.1 Å². The molecule has 0 amide bonds. The van der Waals surface area contributed by atoms with Crippen LogP contribution >= 0.6 is 0 Å². The van der Waals surface area contributed by atoms with Gasteiger partial charge in [0.05, 0.1) is 46.8 Å². The first-order chi connectivity index (χ1) is 13.6. The lowest BCUT2D eigenvalue weighted by Crippen LogP contribution is -2.03. The van der Waals surface area contributed by atoms with Crippen LogP contribution in [0.4, 0.5) is 0 Å². The summed E-state index contributed by atoms with van der Waals surface area (Å²) in [7, 11) is 7.70. The molecule has 8 heteroatoms. The van der Waals surface area contributed by atoms with Gasteiger partial charge in [0.2, 0.25) is 5.75 Å². The summed E-state index contributed by atoms with van der Waals surface area (Å²) in [5, 5.41) is 5.57. The van der Waals surface area contributed by atoms with E-state index in [9.17, 15) is 4.79 Å². The first-order valence-electron chi connectivity index (χ1n) is 8.41. The molecule has 0 spiro atoms. The predicted molar refractivity (Wildman–Crippen MR) is 105 cm³/mol. The molecule has 0 aliphatic heterocycles. The lowest BCUT2D eigenvalue weighted by Gasteiger charge is -2.14. The molecule has 1 aromatic heterocycles. The molecule has 1 heterocycles. The maximum Gasteiger partial charge on any atom is 0.272 e. The van der Waals surface area contributed by atoms with Crippen molar-refractivity contribution in [3.8, 4) is 51.1 Å². The summed E-state index contributed by atoms with van der Waals surface area (Å²) < 4.78 is 26.8. The van der Waals surface area contributed by atoms with Crippen LogP contribution in [-0.4, -0.2) is 45.7 Å². The second-order valence-corrected chi connectivity index (χ2v) is 5.81. The molecule has 3 rings (SSSR count). The van der Waals surface area contributed by atoms with Gasteiger partial charge in [-0.15, -0.1) is 0 Å². The van der Waals surface area contributed by atoms with Crippen molar-refractivity contribution < 1.29 is 23.7 Å². The number of aromatic amines is 2. The average Bonchev–Trinajstić information content (AvgIpc) is 3.13. The minimum atomic E-state index is -0.279. The lowest BCUT2D eigenvalue weighted by molar-refractivity contribution is 0.324. The summed E-state index contributed by atoms with van der Waals surface area (Å²) >= 11 is 0. The number of nitrogens with one attached hydrogen (secondary N) is 2. The van der Waals surface area contributed by atoms with Gasteiger partial charge in [-0.3, -0.25) is 15.0 Å². The number of ether oxygens (including phenoxy) is 5. The fourth-order valence-corrected chi connectivity index (χ4v) is 3.07. The number of methoxy groups -OCH3 is 5. The molecular weight excluding hydrogens is 364 g/mol. The highest BCUT2D eigenvalue weighted by molar-refractivity contribution is 5.83. The van der Waals surface area contributed by atoms with E-state index in [0.717, 1.165) is 5.56 Å². The third-order valence-electron chi connectivity index (χ3n) is 4.40. The maximum absolute atomic E-state index is 12.6. The predicted octanol–water partition coefficient (Wildman–Crippen LogP) is 3.08. The Kier molecular flexibility index (Phi) is 5.49. The number of benzene rings is 2. The van der Waals surface area contributed by atoms with Gasteiger partial charge in [0.15, 0.2) is 23.0 Å². The Hall–Kier alpha value is -3.55. The maximum atomic E-state index is 12.6. The second-order valence-electron chi connectivity index (χ2n) is 5.81. The smallest absolute Gasteiger partial charge is 0.272 e. The fraction of sp³-hybridized carbons (Fsp3) is 0.250. The van der Waals surface area contributed by atoms with Gasteiger partial charge in [-0.25, -0.2) is 0 Å². The van der Waals surface area contributed by atoms with Crippen molar-refractivity contribution in [1.82, 2.24) is 10.2 Å². The van der Waals surface area contributed by atoms with Crippen LogP contribution in [0, 0.1) is 0 Å². The molecule has 0 bridgehead atoms. The molecule has 0 atom stereocenters. The van der Waals surface area contributed by atoms with E-state index in [0.29, 0.717) is 45.6 Å². The van der Waals surface area contributed by atoms with E-state index in [-0.39, 0.29) is 5.56 Å². The van der Waals surface area contributed by atoms with Crippen molar-refractivity contribution in [2.75, 3.05) is 35.5 Å². The molecule has 148 valence electrons. The van der Waals surface area contributed by atoms with Crippen LogP contribution in [0.2, 0.25) is 0 Å². The summed E-state index contributed by atoms with van der Waals surface area (Å²) in [5.41, 5.74) is 2.12. The second kappa shape index (κ2) is 7.99. The van der Waals surface area contributed by atoms with Crippen LogP contribution in [0.1, 0.15) is 0 Å². The highest BCUT2D eigenvalue weighted by Crippen LogP contribution is 2.42. The highest BCUT2D eigenvalue weighted by Gasteiger charge is 2.20. The molecule has 0 saturated heterocycles. The van der Waals surface area contributed by atoms with Crippen molar-refractivity contribution in [1.29, 1.82) is 0 Å². The molecule has 0 aliphatic carbocycles. The molecule has 0 aliphatic rings. The molecular formula is C20H22N2O6. The molecule has 3 aromatic rings. The van der Waals surface area contributed by atoms with E-state index >= 15 is 0 Å². The third kappa shape index (κ3) is 3.24.